The van der Waals surface area contributed by atoms with Gasteiger partial charge in [0.05, 0.1) is 11.1 Å². The van der Waals surface area contributed by atoms with Gasteiger partial charge in [0.25, 0.3) is 0 Å². The number of benzene rings is 7. The van der Waals surface area contributed by atoms with Crippen molar-refractivity contribution in [3.8, 4) is 22.6 Å². The van der Waals surface area contributed by atoms with Gasteiger partial charge in [-0.05, 0) is 159 Å². The largest absolute Gasteiger partial charge is 0.455 e. The second-order valence-corrected chi connectivity index (χ2v) is 21.9. The molecule has 0 radical (unpaired) electrons. The van der Waals surface area contributed by atoms with Gasteiger partial charge in [0.15, 0.2) is 5.75 Å². The highest BCUT2D eigenvalue weighted by Gasteiger charge is 2.84. The summed E-state index contributed by atoms with van der Waals surface area (Å²) in [5.41, 5.74) is 17.3. The number of ether oxygens (including phenoxy) is 1. The third kappa shape index (κ3) is 4.37. The Balaban J connectivity index is 1.03. The number of nitrogens with zero attached hydrogens (tertiary/aromatic N) is 1. The topological polar surface area (TPSA) is 12.5 Å². The van der Waals surface area contributed by atoms with Crippen molar-refractivity contribution < 1.29 is 4.74 Å². The van der Waals surface area contributed by atoms with Crippen LogP contribution < -0.4 is 9.64 Å². The standard InChI is InChI=1S/C61H55NO/c1-57(2)30-31-58(3,4)51-36-43(28-29-48(51)57)62(42-19-14-18-40(34-42)60(39-16-6-5-7-17-39)46-22-10-8-20-44(46)45-21-9-11-23-47(45)60)52-26-15-25-50-56(52)63-53-27-13-12-24-49(53)61(50)54-33-38-32-41-35-55(61)59(41,54)37-38/h5-29,34,36,38,41,54-55H,30-33,35,37H2,1-4H3. The molecule has 6 unspecified atom stereocenters. The quantitative estimate of drug-likeness (QED) is 0.172. The maximum Gasteiger partial charge on any atom is 0.155 e. The lowest BCUT2D eigenvalue weighted by Crippen LogP contribution is -2.74. The molecule has 0 amide bonds. The van der Waals surface area contributed by atoms with Crippen LogP contribution in [0, 0.1) is 29.1 Å². The molecule has 1 aliphatic heterocycles. The van der Waals surface area contributed by atoms with Crippen LogP contribution >= 0.6 is 0 Å². The molecule has 7 aliphatic rings. The van der Waals surface area contributed by atoms with Gasteiger partial charge in [-0.15, -0.1) is 0 Å². The van der Waals surface area contributed by atoms with E-state index in [4.69, 9.17) is 4.74 Å². The van der Waals surface area contributed by atoms with E-state index in [0.717, 1.165) is 34.7 Å². The first-order valence-corrected chi connectivity index (χ1v) is 23.9. The third-order valence-electron chi connectivity index (χ3n) is 18.5. The number of hydrogen-bond acceptors (Lipinski definition) is 2. The fourth-order valence-electron chi connectivity index (χ4n) is 16.0. The van der Waals surface area contributed by atoms with Crippen LogP contribution in [-0.2, 0) is 21.7 Å². The van der Waals surface area contributed by atoms with E-state index < -0.39 is 5.41 Å². The van der Waals surface area contributed by atoms with Gasteiger partial charge in [0.1, 0.15) is 5.75 Å². The molecule has 14 rings (SSSR count). The molecule has 1 heterocycles. The summed E-state index contributed by atoms with van der Waals surface area (Å²) in [4.78, 5) is 2.58. The lowest BCUT2D eigenvalue weighted by molar-refractivity contribution is -0.235. The zero-order valence-electron chi connectivity index (χ0n) is 37.0. The number of anilines is 3. The van der Waals surface area contributed by atoms with Crippen LogP contribution in [0.15, 0.2) is 164 Å². The predicted molar refractivity (Wildman–Crippen MR) is 256 cm³/mol. The van der Waals surface area contributed by atoms with E-state index in [-0.39, 0.29) is 16.2 Å². The first kappa shape index (κ1) is 36.6. The molecule has 6 aliphatic carbocycles. The van der Waals surface area contributed by atoms with Gasteiger partial charge in [-0.3, -0.25) is 0 Å². The van der Waals surface area contributed by atoms with Crippen molar-refractivity contribution in [1.29, 1.82) is 0 Å². The Hall–Kier alpha value is -5.86. The summed E-state index contributed by atoms with van der Waals surface area (Å²) in [5.74, 6) is 5.28. The van der Waals surface area contributed by atoms with E-state index >= 15 is 0 Å². The summed E-state index contributed by atoms with van der Waals surface area (Å²) < 4.78 is 7.41. The maximum absolute atomic E-state index is 7.41. The number of rotatable bonds is 5. The van der Waals surface area contributed by atoms with Crippen molar-refractivity contribution in [3.63, 3.8) is 0 Å². The van der Waals surface area contributed by atoms with Gasteiger partial charge in [-0.25, -0.2) is 0 Å². The Morgan fingerprint density at radius 1 is 0.492 bits per heavy atom. The molecule has 0 N–H and O–H groups in total. The lowest BCUT2D eigenvalue weighted by atomic mass is 9.26. The Bertz CT molecular complexity index is 3020. The van der Waals surface area contributed by atoms with Crippen LogP contribution in [0.25, 0.3) is 11.1 Å². The summed E-state index contributed by atoms with van der Waals surface area (Å²) in [7, 11) is 0. The van der Waals surface area contributed by atoms with E-state index in [0.29, 0.717) is 17.3 Å². The molecule has 7 aromatic carbocycles. The SMILES string of the molecule is CC1(C)CCC(C)(C)c2cc(N(c3cccc(C4(c5ccccc5)c5ccccc5-c5ccccc54)c3)c3cccc4c3Oc3ccccc3C43C4CC5CC6CC3C64C5)ccc21. The van der Waals surface area contributed by atoms with Gasteiger partial charge < -0.3 is 9.64 Å². The van der Waals surface area contributed by atoms with Crippen molar-refractivity contribution in [2.75, 3.05) is 4.90 Å². The van der Waals surface area contributed by atoms with Crippen LogP contribution in [0.4, 0.5) is 17.1 Å². The first-order valence-electron chi connectivity index (χ1n) is 23.9. The van der Waals surface area contributed by atoms with Crippen molar-refractivity contribution >= 4 is 17.1 Å². The maximum atomic E-state index is 7.41. The molecular formula is C61H55NO. The monoisotopic (exact) mass is 817 g/mol. The smallest absolute Gasteiger partial charge is 0.155 e. The minimum absolute atomic E-state index is 0.00409. The van der Waals surface area contributed by atoms with Crippen LogP contribution in [0.3, 0.4) is 0 Å². The van der Waals surface area contributed by atoms with Gasteiger partial charge in [-0.1, -0.05) is 155 Å². The Labute approximate surface area is 373 Å². The van der Waals surface area contributed by atoms with Crippen LogP contribution in [0.1, 0.15) is 111 Å². The summed E-state index contributed by atoms with van der Waals surface area (Å²) in [6, 6.07) is 62.7. The lowest BCUT2D eigenvalue weighted by Gasteiger charge is -2.77. The molecule has 2 spiro atoms. The van der Waals surface area contributed by atoms with E-state index in [9.17, 15) is 0 Å². The minimum atomic E-state index is -0.504. The van der Waals surface area contributed by atoms with Crippen molar-refractivity contribution in [2.24, 2.45) is 29.1 Å². The van der Waals surface area contributed by atoms with Gasteiger partial charge >= 0.3 is 0 Å². The summed E-state index contributed by atoms with van der Waals surface area (Å²) in [6.07, 6.45) is 7.98. The van der Waals surface area contributed by atoms with Crippen molar-refractivity contribution in [3.05, 3.63) is 208 Å². The number of hydrogen-bond donors (Lipinski definition) is 0. The Kier molecular flexibility index (Phi) is 7.11. The highest BCUT2D eigenvalue weighted by molar-refractivity contribution is 5.88. The number of fused-ring (bicyclic) bond motifs is 11. The van der Waals surface area contributed by atoms with Gasteiger partial charge in [0, 0.05) is 27.9 Å². The summed E-state index contributed by atoms with van der Waals surface area (Å²) in [5, 5.41) is 0. The predicted octanol–water partition coefficient (Wildman–Crippen LogP) is 15.3. The van der Waals surface area contributed by atoms with Crippen LogP contribution in [-0.4, -0.2) is 0 Å². The molecule has 4 saturated carbocycles. The minimum Gasteiger partial charge on any atom is -0.455 e. The highest BCUT2D eigenvalue weighted by Crippen LogP contribution is 2.89. The molecule has 0 saturated heterocycles. The average molecular weight is 818 g/mol. The van der Waals surface area contributed by atoms with Gasteiger partial charge in [-0.2, -0.15) is 0 Å². The van der Waals surface area contributed by atoms with E-state index in [1.807, 2.05) is 0 Å². The molecule has 310 valence electrons. The summed E-state index contributed by atoms with van der Waals surface area (Å²) in [6.45, 7) is 9.78. The Morgan fingerprint density at radius 3 is 1.87 bits per heavy atom. The van der Waals surface area contributed by atoms with Gasteiger partial charge in [0.2, 0.25) is 0 Å². The summed E-state index contributed by atoms with van der Waals surface area (Å²) >= 11 is 0. The van der Waals surface area contributed by atoms with Crippen molar-refractivity contribution in [2.45, 2.75) is 87.9 Å². The highest BCUT2D eigenvalue weighted by atomic mass is 16.5. The molecule has 7 aromatic rings. The van der Waals surface area contributed by atoms with Crippen LogP contribution in [0.2, 0.25) is 0 Å². The first-order chi connectivity index (χ1) is 30.7. The molecular weight excluding hydrogens is 763 g/mol. The second-order valence-electron chi connectivity index (χ2n) is 21.9. The van der Waals surface area contributed by atoms with E-state index in [1.54, 1.807) is 0 Å². The van der Waals surface area contributed by atoms with Crippen LogP contribution in [0.5, 0.6) is 11.5 Å². The molecule has 2 heteroatoms. The van der Waals surface area contributed by atoms with Crippen molar-refractivity contribution in [1.82, 2.24) is 0 Å². The van der Waals surface area contributed by atoms with E-state index in [2.05, 4.69) is 196 Å². The zero-order chi connectivity index (χ0) is 42.1. The van der Waals surface area contributed by atoms with E-state index in [1.165, 1.54) is 99.8 Å². The number of para-hydroxylation sites is 2. The third-order valence-corrected chi connectivity index (χ3v) is 18.5. The molecule has 0 aromatic heterocycles. The fraction of sp³-hybridized carbons (Fsp3) is 0.311. The molecule has 63 heavy (non-hydrogen) atoms. The molecule has 4 fully saturated rings. The zero-order valence-corrected chi connectivity index (χ0v) is 37.0. The molecule has 2 bridgehead atoms. The Morgan fingerprint density at radius 2 is 1.11 bits per heavy atom. The molecule has 6 atom stereocenters. The normalized spacial score (nSPS) is 28.3. The second kappa shape index (κ2) is 12.2. The fourth-order valence-corrected chi connectivity index (χ4v) is 16.0. The average Bonchev–Trinajstić information content (AvgIpc) is 3.95. The molecule has 2 nitrogen and oxygen atoms in total.